The third-order valence-electron chi connectivity index (χ3n) is 2.76. The maximum atomic E-state index is 11.6. The Morgan fingerprint density at radius 3 is 2.67 bits per heavy atom. The van der Waals surface area contributed by atoms with E-state index in [0.717, 1.165) is 12.0 Å². The third kappa shape index (κ3) is 4.02. The van der Waals surface area contributed by atoms with Crippen molar-refractivity contribution in [1.29, 1.82) is 0 Å². The Kier molecular flexibility index (Phi) is 4.48. The van der Waals surface area contributed by atoms with E-state index in [1.165, 1.54) is 0 Å². The van der Waals surface area contributed by atoms with E-state index in [9.17, 15) is 4.79 Å². The first kappa shape index (κ1) is 12.3. The summed E-state index contributed by atoms with van der Waals surface area (Å²) >= 11 is 0. The standard InChI is InChI=1S/C17H16O/c18-17(13-11-15-7-3-1-4-8-15)14-12-16-9-5-2-6-10-16/h1-9,11-14,16H,10H2/b13-11+,14-12+. The molecule has 0 amide bonds. The van der Waals surface area contributed by atoms with Crippen molar-refractivity contribution in [2.75, 3.05) is 0 Å². The highest BCUT2D eigenvalue weighted by Crippen LogP contribution is 2.12. The molecule has 1 atom stereocenters. The summed E-state index contributed by atoms with van der Waals surface area (Å²) in [5, 5.41) is 0. The summed E-state index contributed by atoms with van der Waals surface area (Å²) < 4.78 is 0. The molecule has 0 fully saturated rings. The molecule has 1 aliphatic carbocycles. The fourth-order valence-corrected chi connectivity index (χ4v) is 1.76. The third-order valence-corrected chi connectivity index (χ3v) is 2.76. The molecule has 0 spiro atoms. The van der Waals surface area contributed by atoms with Crippen LogP contribution in [-0.2, 0) is 4.79 Å². The summed E-state index contributed by atoms with van der Waals surface area (Å²) in [6, 6.07) is 9.82. The van der Waals surface area contributed by atoms with Gasteiger partial charge in [-0.25, -0.2) is 0 Å². The normalized spacial score (nSPS) is 18.8. The average molecular weight is 236 g/mol. The highest BCUT2D eigenvalue weighted by atomic mass is 16.1. The molecule has 0 heterocycles. The van der Waals surface area contributed by atoms with Gasteiger partial charge in [-0.3, -0.25) is 4.79 Å². The van der Waals surface area contributed by atoms with E-state index in [0.29, 0.717) is 5.92 Å². The molecule has 1 aromatic rings. The van der Waals surface area contributed by atoms with Crippen LogP contribution in [0.15, 0.2) is 72.9 Å². The minimum atomic E-state index is 0.0295. The molecule has 18 heavy (non-hydrogen) atoms. The first-order valence-electron chi connectivity index (χ1n) is 6.13. The SMILES string of the molecule is O=C(/C=C/c1ccccc1)/C=C/C1C=CC=CC1. The molecular weight excluding hydrogens is 220 g/mol. The topological polar surface area (TPSA) is 17.1 Å². The van der Waals surface area contributed by atoms with Gasteiger partial charge in [-0.15, -0.1) is 0 Å². The van der Waals surface area contributed by atoms with Crippen molar-refractivity contribution in [1.82, 2.24) is 0 Å². The number of carbonyl (C=O) groups excluding carboxylic acids is 1. The van der Waals surface area contributed by atoms with Crippen LogP contribution in [0.5, 0.6) is 0 Å². The van der Waals surface area contributed by atoms with Gasteiger partial charge < -0.3 is 0 Å². The number of hydrogen-bond acceptors (Lipinski definition) is 1. The molecule has 1 unspecified atom stereocenters. The Bertz CT molecular complexity index is 504. The van der Waals surface area contributed by atoms with Crippen LogP contribution in [0.25, 0.3) is 6.08 Å². The van der Waals surface area contributed by atoms with Crippen LogP contribution in [0.4, 0.5) is 0 Å². The molecular formula is C17H16O. The second-order valence-corrected chi connectivity index (χ2v) is 4.22. The first-order chi connectivity index (χ1) is 8.84. The highest BCUT2D eigenvalue weighted by molar-refractivity contribution is 6.02. The second kappa shape index (κ2) is 6.55. The maximum Gasteiger partial charge on any atom is 0.178 e. The zero-order valence-corrected chi connectivity index (χ0v) is 10.2. The van der Waals surface area contributed by atoms with Gasteiger partial charge in [0.05, 0.1) is 0 Å². The Labute approximate surface area is 108 Å². The van der Waals surface area contributed by atoms with Crippen molar-refractivity contribution in [3.8, 4) is 0 Å². The number of ketones is 1. The van der Waals surface area contributed by atoms with Gasteiger partial charge in [0, 0.05) is 0 Å². The maximum absolute atomic E-state index is 11.6. The van der Waals surface area contributed by atoms with Crippen LogP contribution in [0.1, 0.15) is 12.0 Å². The predicted molar refractivity (Wildman–Crippen MR) is 76.0 cm³/mol. The van der Waals surface area contributed by atoms with E-state index in [-0.39, 0.29) is 5.78 Å². The van der Waals surface area contributed by atoms with Gasteiger partial charge in [0.1, 0.15) is 0 Å². The fraction of sp³-hybridized carbons (Fsp3) is 0.118. The van der Waals surface area contributed by atoms with Gasteiger partial charge in [-0.1, -0.05) is 66.8 Å². The molecule has 0 radical (unpaired) electrons. The average Bonchev–Trinajstić information content (AvgIpc) is 2.45. The number of benzene rings is 1. The summed E-state index contributed by atoms with van der Waals surface area (Å²) in [7, 11) is 0. The van der Waals surface area contributed by atoms with Gasteiger partial charge in [0.25, 0.3) is 0 Å². The zero-order chi connectivity index (χ0) is 12.6. The first-order valence-corrected chi connectivity index (χ1v) is 6.13. The summed E-state index contributed by atoms with van der Waals surface area (Å²) in [5.74, 6) is 0.380. The van der Waals surface area contributed by atoms with Crippen LogP contribution in [0.2, 0.25) is 0 Å². The number of hydrogen-bond donors (Lipinski definition) is 0. The van der Waals surface area contributed by atoms with Crippen LogP contribution in [-0.4, -0.2) is 5.78 Å². The van der Waals surface area contributed by atoms with E-state index in [1.54, 1.807) is 12.2 Å². The Morgan fingerprint density at radius 2 is 1.94 bits per heavy atom. The quantitative estimate of drug-likeness (QED) is 0.723. The lowest BCUT2D eigenvalue weighted by atomic mass is 10.00. The lowest BCUT2D eigenvalue weighted by Crippen LogP contribution is -1.94. The van der Waals surface area contributed by atoms with Crippen molar-refractivity contribution in [3.05, 3.63) is 78.4 Å². The molecule has 0 saturated heterocycles. The Balaban J connectivity index is 1.89. The molecule has 0 N–H and O–H groups in total. The molecule has 0 saturated carbocycles. The minimum Gasteiger partial charge on any atom is -0.290 e. The van der Waals surface area contributed by atoms with E-state index < -0.39 is 0 Å². The highest BCUT2D eigenvalue weighted by Gasteiger charge is 2.00. The van der Waals surface area contributed by atoms with Gasteiger partial charge in [-0.2, -0.15) is 0 Å². The van der Waals surface area contributed by atoms with Crippen LogP contribution < -0.4 is 0 Å². The Hall–Kier alpha value is -2.15. The predicted octanol–water partition coefficient (Wildman–Crippen LogP) is 3.96. The van der Waals surface area contributed by atoms with Crippen LogP contribution in [0, 0.1) is 5.92 Å². The van der Waals surface area contributed by atoms with E-state index in [1.807, 2.05) is 54.6 Å². The molecule has 1 aromatic carbocycles. The molecule has 2 rings (SSSR count). The largest absolute Gasteiger partial charge is 0.290 e. The van der Waals surface area contributed by atoms with E-state index in [4.69, 9.17) is 0 Å². The van der Waals surface area contributed by atoms with Crippen LogP contribution >= 0.6 is 0 Å². The summed E-state index contributed by atoms with van der Waals surface area (Å²) in [5.41, 5.74) is 1.04. The van der Waals surface area contributed by atoms with Gasteiger partial charge in [-0.05, 0) is 30.1 Å². The molecule has 90 valence electrons. The summed E-state index contributed by atoms with van der Waals surface area (Å²) in [6.45, 7) is 0. The van der Waals surface area contributed by atoms with Gasteiger partial charge in [0.2, 0.25) is 0 Å². The number of allylic oxidation sites excluding steroid dienone is 7. The van der Waals surface area contributed by atoms with E-state index in [2.05, 4.69) is 12.2 Å². The lowest BCUT2D eigenvalue weighted by Gasteiger charge is -2.05. The minimum absolute atomic E-state index is 0.0295. The van der Waals surface area contributed by atoms with Crippen molar-refractivity contribution < 1.29 is 4.79 Å². The monoisotopic (exact) mass is 236 g/mol. The van der Waals surface area contributed by atoms with Crippen molar-refractivity contribution in [2.45, 2.75) is 6.42 Å². The Morgan fingerprint density at radius 1 is 1.11 bits per heavy atom. The van der Waals surface area contributed by atoms with Crippen molar-refractivity contribution in [2.24, 2.45) is 5.92 Å². The molecule has 0 aromatic heterocycles. The summed E-state index contributed by atoms with van der Waals surface area (Å²) in [4.78, 5) is 11.6. The van der Waals surface area contributed by atoms with E-state index >= 15 is 0 Å². The summed E-state index contributed by atoms with van der Waals surface area (Å²) in [6.07, 6.45) is 16.3. The smallest absolute Gasteiger partial charge is 0.178 e. The zero-order valence-electron chi connectivity index (χ0n) is 10.2. The number of rotatable bonds is 4. The second-order valence-electron chi connectivity index (χ2n) is 4.22. The molecule has 0 bridgehead atoms. The van der Waals surface area contributed by atoms with Gasteiger partial charge >= 0.3 is 0 Å². The molecule has 0 aliphatic heterocycles. The number of carbonyl (C=O) groups is 1. The fourth-order valence-electron chi connectivity index (χ4n) is 1.76. The van der Waals surface area contributed by atoms with Crippen molar-refractivity contribution >= 4 is 11.9 Å². The van der Waals surface area contributed by atoms with Gasteiger partial charge in [0.15, 0.2) is 5.78 Å². The molecule has 1 aliphatic rings. The van der Waals surface area contributed by atoms with Crippen molar-refractivity contribution in [3.63, 3.8) is 0 Å². The molecule has 1 heteroatoms. The van der Waals surface area contributed by atoms with Crippen LogP contribution in [0.3, 0.4) is 0 Å². The molecule has 1 nitrogen and oxygen atoms in total. The lowest BCUT2D eigenvalue weighted by molar-refractivity contribution is -0.110.